The molecular weight excluding hydrogens is 273 g/mol. The van der Waals surface area contributed by atoms with Crippen LogP contribution in [0.1, 0.15) is 17.3 Å². The van der Waals surface area contributed by atoms with E-state index in [4.69, 9.17) is 9.47 Å². The summed E-state index contributed by atoms with van der Waals surface area (Å²) in [6, 6.07) is 10.7. The Morgan fingerprint density at radius 3 is 2.52 bits per heavy atom. The van der Waals surface area contributed by atoms with Gasteiger partial charge in [0.1, 0.15) is 17.3 Å². The lowest BCUT2D eigenvalue weighted by atomic mass is 10.1. The maximum Gasteiger partial charge on any atom is 0.259 e. The van der Waals surface area contributed by atoms with Crippen LogP contribution >= 0.6 is 0 Å². The Labute approximate surface area is 122 Å². The predicted octanol–water partition coefficient (Wildman–Crippen LogP) is 3.49. The fourth-order valence-electron chi connectivity index (χ4n) is 1.86. The van der Waals surface area contributed by atoms with Crippen LogP contribution in [0.2, 0.25) is 0 Å². The van der Waals surface area contributed by atoms with E-state index in [1.54, 1.807) is 24.3 Å². The van der Waals surface area contributed by atoms with Crippen molar-refractivity contribution in [2.75, 3.05) is 19.0 Å². The Hall–Kier alpha value is -2.56. The first-order chi connectivity index (χ1) is 10.1. The second kappa shape index (κ2) is 6.74. The number of halogens is 1. The summed E-state index contributed by atoms with van der Waals surface area (Å²) >= 11 is 0. The van der Waals surface area contributed by atoms with Crippen LogP contribution < -0.4 is 14.8 Å². The van der Waals surface area contributed by atoms with E-state index in [9.17, 15) is 9.18 Å². The molecule has 2 aromatic rings. The molecule has 0 aliphatic rings. The summed E-state index contributed by atoms with van der Waals surface area (Å²) in [5.41, 5.74) is 0.737. The van der Waals surface area contributed by atoms with E-state index >= 15 is 0 Å². The Bertz CT molecular complexity index is 626. The molecule has 0 heterocycles. The Morgan fingerprint density at radius 2 is 1.90 bits per heavy atom. The maximum absolute atomic E-state index is 13.3. The molecule has 0 aliphatic carbocycles. The summed E-state index contributed by atoms with van der Waals surface area (Å²) in [5, 5.41) is 2.69. The van der Waals surface area contributed by atoms with Gasteiger partial charge in [0.2, 0.25) is 0 Å². The lowest BCUT2D eigenvalue weighted by molar-refractivity contribution is 0.102. The third kappa shape index (κ3) is 3.72. The van der Waals surface area contributed by atoms with Crippen LogP contribution in [0.4, 0.5) is 10.1 Å². The van der Waals surface area contributed by atoms with Crippen molar-refractivity contribution >= 4 is 11.6 Å². The maximum atomic E-state index is 13.3. The third-order valence-electron chi connectivity index (χ3n) is 2.83. The molecule has 0 saturated carbocycles. The van der Waals surface area contributed by atoms with Gasteiger partial charge in [0.15, 0.2) is 0 Å². The van der Waals surface area contributed by atoms with Crippen LogP contribution in [0.15, 0.2) is 42.5 Å². The third-order valence-corrected chi connectivity index (χ3v) is 2.83. The molecule has 2 rings (SSSR count). The minimum atomic E-state index is -0.493. The van der Waals surface area contributed by atoms with Gasteiger partial charge in [-0.2, -0.15) is 0 Å². The average Bonchev–Trinajstić information content (AvgIpc) is 2.49. The zero-order valence-corrected chi connectivity index (χ0v) is 11.9. The summed E-state index contributed by atoms with van der Waals surface area (Å²) in [6.45, 7) is 2.47. The molecular formula is C16H16FNO3. The topological polar surface area (TPSA) is 47.6 Å². The number of methoxy groups -OCH3 is 1. The first-order valence-electron chi connectivity index (χ1n) is 6.51. The van der Waals surface area contributed by atoms with Crippen molar-refractivity contribution in [1.29, 1.82) is 0 Å². The molecule has 0 unspecified atom stereocenters. The van der Waals surface area contributed by atoms with E-state index in [-0.39, 0.29) is 5.56 Å². The van der Waals surface area contributed by atoms with Gasteiger partial charge >= 0.3 is 0 Å². The van der Waals surface area contributed by atoms with Gasteiger partial charge in [0.25, 0.3) is 5.91 Å². The fraction of sp³-hybridized carbons (Fsp3) is 0.188. The smallest absolute Gasteiger partial charge is 0.259 e. The van der Waals surface area contributed by atoms with Gasteiger partial charge < -0.3 is 14.8 Å². The minimum Gasteiger partial charge on any atom is -0.496 e. The summed E-state index contributed by atoms with van der Waals surface area (Å²) in [7, 11) is 1.43. The van der Waals surface area contributed by atoms with E-state index in [0.29, 0.717) is 18.0 Å². The highest BCUT2D eigenvalue weighted by Gasteiger charge is 2.13. The first kappa shape index (κ1) is 14.8. The van der Waals surface area contributed by atoms with Crippen LogP contribution in [-0.4, -0.2) is 19.6 Å². The molecule has 5 heteroatoms. The van der Waals surface area contributed by atoms with Crippen molar-refractivity contribution in [2.45, 2.75) is 6.92 Å². The summed E-state index contributed by atoms with van der Waals surface area (Å²) in [4.78, 5) is 12.2. The molecule has 2 aromatic carbocycles. The van der Waals surface area contributed by atoms with Gasteiger partial charge in [-0.25, -0.2) is 4.39 Å². The number of hydrogen-bond acceptors (Lipinski definition) is 3. The van der Waals surface area contributed by atoms with E-state index < -0.39 is 11.7 Å². The summed E-state index contributed by atoms with van der Waals surface area (Å²) in [5.74, 6) is 0.113. The lowest BCUT2D eigenvalue weighted by Crippen LogP contribution is -2.13. The molecule has 0 saturated heterocycles. The van der Waals surface area contributed by atoms with Gasteiger partial charge in [-0.3, -0.25) is 4.79 Å². The number of ether oxygens (including phenoxy) is 2. The molecule has 0 bridgehead atoms. The predicted molar refractivity (Wildman–Crippen MR) is 78.5 cm³/mol. The SMILES string of the molecule is CCOc1ccc(NC(=O)c2cc(F)ccc2OC)cc1. The second-order valence-corrected chi connectivity index (χ2v) is 4.26. The highest BCUT2D eigenvalue weighted by Crippen LogP contribution is 2.22. The van der Waals surface area contributed by atoms with E-state index in [2.05, 4.69) is 5.32 Å². The van der Waals surface area contributed by atoms with Gasteiger partial charge in [0, 0.05) is 5.69 Å². The molecule has 4 nitrogen and oxygen atoms in total. The molecule has 0 aliphatic heterocycles. The van der Waals surface area contributed by atoms with Crippen molar-refractivity contribution in [1.82, 2.24) is 0 Å². The van der Waals surface area contributed by atoms with Gasteiger partial charge in [0.05, 0.1) is 19.3 Å². The number of benzene rings is 2. The zero-order chi connectivity index (χ0) is 15.2. The number of hydrogen-bond donors (Lipinski definition) is 1. The number of carbonyl (C=O) groups excluding carboxylic acids is 1. The van der Waals surface area contributed by atoms with E-state index in [1.165, 1.54) is 19.2 Å². The van der Waals surface area contributed by atoms with Gasteiger partial charge in [-0.15, -0.1) is 0 Å². The van der Waals surface area contributed by atoms with Crippen molar-refractivity contribution in [3.05, 3.63) is 53.8 Å². The van der Waals surface area contributed by atoms with Crippen molar-refractivity contribution in [3.8, 4) is 11.5 Å². The minimum absolute atomic E-state index is 0.145. The van der Waals surface area contributed by atoms with Crippen LogP contribution in [0.3, 0.4) is 0 Å². The number of carbonyl (C=O) groups is 1. The molecule has 1 amide bonds. The van der Waals surface area contributed by atoms with Crippen LogP contribution in [0.5, 0.6) is 11.5 Å². The molecule has 0 fully saturated rings. The highest BCUT2D eigenvalue weighted by molar-refractivity contribution is 6.06. The summed E-state index contributed by atoms with van der Waals surface area (Å²) in [6.07, 6.45) is 0. The molecule has 1 N–H and O–H groups in total. The quantitative estimate of drug-likeness (QED) is 0.916. The molecule has 0 radical (unpaired) electrons. The molecule has 0 aromatic heterocycles. The monoisotopic (exact) mass is 289 g/mol. The molecule has 0 spiro atoms. The molecule has 21 heavy (non-hydrogen) atoms. The number of amides is 1. The van der Waals surface area contributed by atoms with Crippen LogP contribution in [0.25, 0.3) is 0 Å². The highest BCUT2D eigenvalue weighted by atomic mass is 19.1. The molecule has 110 valence electrons. The number of nitrogens with one attached hydrogen (secondary N) is 1. The zero-order valence-electron chi connectivity index (χ0n) is 11.9. The van der Waals surface area contributed by atoms with E-state index in [1.807, 2.05) is 6.92 Å². The second-order valence-electron chi connectivity index (χ2n) is 4.26. The Balaban J connectivity index is 2.15. The molecule has 0 atom stereocenters. The number of rotatable bonds is 5. The van der Waals surface area contributed by atoms with E-state index in [0.717, 1.165) is 11.8 Å². The largest absolute Gasteiger partial charge is 0.496 e. The number of anilines is 1. The first-order valence-corrected chi connectivity index (χ1v) is 6.51. The van der Waals surface area contributed by atoms with Gasteiger partial charge in [-0.05, 0) is 49.4 Å². The van der Waals surface area contributed by atoms with Crippen LogP contribution in [0, 0.1) is 5.82 Å². The van der Waals surface area contributed by atoms with Gasteiger partial charge in [-0.1, -0.05) is 0 Å². The van der Waals surface area contributed by atoms with Crippen molar-refractivity contribution in [2.24, 2.45) is 0 Å². The standard InChI is InChI=1S/C16H16FNO3/c1-3-21-13-7-5-12(6-8-13)18-16(19)14-10-11(17)4-9-15(14)20-2/h4-10H,3H2,1-2H3,(H,18,19). The van der Waals surface area contributed by atoms with Crippen molar-refractivity contribution < 1.29 is 18.7 Å². The Morgan fingerprint density at radius 1 is 1.19 bits per heavy atom. The summed E-state index contributed by atoms with van der Waals surface area (Å²) < 4.78 is 23.7. The fourth-order valence-corrected chi connectivity index (χ4v) is 1.86. The Kier molecular flexibility index (Phi) is 4.77. The normalized spacial score (nSPS) is 10.0. The van der Waals surface area contributed by atoms with Crippen LogP contribution in [-0.2, 0) is 0 Å². The van der Waals surface area contributed by atoms with Crippen molar-refractivity contribution in [3.63, 3.8) is 0 Å². The lowest BCUT2D eigenvalue weighted by Gasteiger charge is -2.10. The average molecular weight is 289 g/mol.